The highest BCUT2D eigenvalue weighted by Crippen LogP contribution is 2.49. The Kier molecular flexibility index (Phi) is 2.10. The molecule has 80 valence electrons. The second-order valence-electron chi connectivity index (χ2n) is 3.57. The van der Waals surface area contributed by atoms with Gasteiger partial charge in [-0.2, -0.15) is 0 Å². The fourth-order valence-electron chi connectivity index (χ4n) is 1.57. The molecule has 3 nitrogen and oxygen atoms in total. The number of hydrogen-bond donors (Lipinski definition) is 1. The van der Waals surface area contributed by atoms with Gasteiger partial charge in [-0.3, -0.25) is 0 Å². The second-order valence-corrected chi connectivity index (χ2v) is 3.57. The average molecular weight is 213 g/mol. The summed E-state index contributed by atoms with van der Waals surface area (Å²) in [5.74, 6) is -1.38. The SMILES string of the molecule is NC(=O)OC1(c2cc(F)cc(F)c2)CC1. The first kappa shape index (κ1) is 9.89. The van der Waals surface area contributed by atoms with Gasteiger partial charge in [-0.1, -0.05) is 0 Å². The summed E-state index contributed by atoms with van der Waals surface area (Å²) < 4.78 is 30.7. The number of benzene rings is 1. The Morgan fingerprint density at radius 2 is 1.80 bits per heavy atom. The quantitative estimate of drug-likeness (QED) is 0.817. The summed E-state index contributed by atoms with van der Waals surface area (Å²) in [5.41, 5.74) is 4.29. The van der Waals surface area contributed by atoms with E-state index >= 15 is 0 Å². The zero-order chi connectivity index (χ0) is 11.1. The van der Waals surface area contributed by atoms with E-state index in [1.807, 2.05) is 0 Å². The van der Waals surface area contributed by atoms with Crippen molar-refractivity contribution in [3.05, 3.63) is 35.4 Å². The predicted octanol–water partition coefficient (Wildman–Crippen LogP) is 2.05. The molecule has 0 heterocycles. The molecule has 0 bridgehead atoms. The largest absolute Gasteiger partial charge is 0.438 e. The van der Waals surface area contributed by atoms with E-state index in [0.29, 0.717) is 18.4 Å². The topological polar surface area (TPSA) is 52.3 Å². The number of nitrogens with two attached hydrogens (primary N) is 1. The van der Waals surface area contributed by atoms with Gasteiger partial charge in [0.25, 0.3) is 0 Å². The Morgan fingerprint density at radius 3 is 2.20 bits per heavy atom. The molecule has 1 aliphatic carbocycles. The van der Waals surface area contributed by atoms with Gasteiger partial charge in [0.2, 0.25) is 0 Å². The molecule has 2 N–H and O–H groups in total. The molecule has 0 spiro atoms. The number of carbonyl (C=O) groups is 1. The number of amides is 1. The van der Waals surface area contributed by atoms with Crippen molar-refractivity contribution < 1.29 is 18.3 Å². The predicted molar refractivity (Wildman–Crippen MR) is 47.9 cm³/mol. The summed E-state index contributed by atoms with van der Waals surface area (Å²) in [4.78, 5) is 10.6. The number of hydrogen-bond acceptors (Lipinski definition) is 2. The third kappa shape index (κ3) is 1.91. The van der Waals surface area contributed by atoms with Gasteiger partial charge in [0.05, 0.1) is 0 Å². The van der Waals surface area contributed by atoms with Gasteiger partial charge in [-0.05, 0) is 25.0 Å². The van der Waals surface area contributed by atoms with E-state index in [1.54, 1.807) is 0 Å². The maximum absolute atomic E-state index is 12.9. The van der Waals surface area contributed by atoms with Crippen molar-refractivity contribution in [3.63, 3.8) is 0 Å². The molecule has 1 aromatic carbocycles. The van der Waals surface area contributed by atoms with Gasteiger partial charge in [-0.25, -0.2) is 13.6 Å². The normalized spacial score (nSPS) is 17.2. The van der Waals surface area contributed by atoms with Crippen molar-refractivity contribution in [1.29, 1.82) is 0 Å². The lowest BCUT2D eigenvalue weighted by atomic mass is 10.1. The monoisotopic (exact) mass is 213 g/mol. The summed E-state index contributed by atoms with van der Waals surface area (Å²) in [6.07, 6.45) is 0.148. The molecule has 1 saturated carbocycles. The zero-order valence-electron chi connectivity index (χ0n) is 7.80. The van der Waals surface area contributed by atoms with Crippen LogP contribution in [0.3, 0.4) is 0 Å². The van der Waals surface area contributed by atoms with Crippen LogP contribution in [0.25, 0.3) is 0 Å². The maximum Gasteiger partial charge on any atom is 0.405 e. The number of halogens is 2. The van der Waals surface area contributed by atoms with Crippen molar-refractivity contribution in [3.8, 4) is 0 Å². The minimum atomic E-state index is -0.933. The summed E-state index contributed by atoms with van der Waals surface area (Å²) in [5, 5.41) is 0. The molecular weight excluding hydrogens is 204 g/mol. The molecule has 2 rings (SSSR count). The summed E-state index contributed by atoms with van der Waals surface area (Å²) in [7, 11) is 0. The van der Waals surface area contributed by atoms with E-state index in [2.05, 4.69) is 0 Å². The van der Waals surface area contributed by atoms with Gasteiger partial charge in [-0.15, -0.1) is 0 Å². The summed E-state index contributed by atoms with van der Waals surface area (Å²) in [6.45, 7) is 0. The smallest absolute Gasteiger partial charge is 0.405 e. The molecule has 15 heavy (non-hydrogen) atoms. The minimum absolute atomic E-state index is 0.318. The van der Waals surface area contributed by atoms with Crippen molar-refractivity contribution in [2.45, 2.75) is 18.4 Å². The standard InChI is InChI=1S/C10H9F2NO2/c11-7-3-6(4-8(12)5-7)10(1-2-10)15-9(13)14/h3-5H,1-2H2,(H2,13,14). The lowest BCUT2D eigenvalue weighted by Crippen LogP contribution is -2.22. The molecule has 1 fully saturated rings. The third-order valence-corrected chi connectivity index (χ3v) is 2.39. The van der Waals surface area contributed by atoms with E-state index in [9.17, 15) is 13.6 Å². The van der Waals surface area contributed by atoms with Crippen molar-refractivity contribution in [2.24, 2.45) is 5.73 Å². The molecule has 5 heteroatoms. The van der Waals surface area contributed by atoms with Crippen LogP contribution in [-0.4, -0.2) is 6.09 Å². The molecule has 0 atom stereocenters. The molecule has 0 radical (unpaired) electrons. The van der Waals surface area contributed by atoms with Crippen molar-refractivity contribution >= 4 is 6.09 Å². The van der Waals surface area contributed by atoms with Crippen LogP contribution >= 0.6 is 0 Å². The van der Waals surface area contributed by atoms with Crippen molar-refractivity contribution in [2.75, 3.05) is 0 Å². The molecule has 1 aliphatic rings. The molecule has 0 aliphatic heterocycles. The number of rotatable bonds is 2. The molecule has 0 saturated heterocycles. The number of primary amides is 1. The molecule has 1 aromatic rings. The average Bonchev–Trinajstić information content (AvgIpc) is 2.82. The van der Waals surface area contributed by atoms with Crippen LogP contribution < -0.4 is 5.73 Å². The highest BCUT2D eigenvalue weighted by molar-refractivity contribution is 5.66. The van der Waals surface area contributed by atoms with Gasteiger partial charge in [0, 0.05) is 11.6 Å². The molecule has 0 unspecified atom stereocenters. The van der Waals surface area contributed by atoms with Crippen LogP contribution in [0.15, 0.2) is 18.2 Å². The summed E-state index contributed by atoms with van der Waals surface area (Å²) in [6, 6.07) is 3.07. The Hall–Kier alpha value is -1.65. The highest BCUT2D eigenvalue weighted by atomic mass is 19.1. The number of ether oxygens (including phenoxy) is 1. The molecule has 1 amide bonds. The van der Waals surface area contributed by atoms with Crippen molar-refractivity contribution in [1.82, 2.24) is 0 Å². The van der Waals surface area contributed by atoms with Gasteiger partial charge >= 0.3 is 6.09 Å². The zero-order valence-corrected chi connectivity index (χ0v) is 7.80. The highest BCUT2D eigenvalue weighted by Gasteiger charge is 2.48. The lowest BCUT2D eigenvalue weighted by molar-refractivity contribution is 0.0895. The third-order valence-electron chi connectivity index (χ3n) is 2.39. The van der Waals surface area contributed by atoms with Crippen LogP contribution in [0.2, 0.25) is 0 Å². The van der Waals surface area contributed by atoms with E-state index in [4.69, 9.17) is 10.5 Å². The van der Waals surface area contributed by atoms with Gasteiger partial charge < -0.3 is 10.5 Å². The van der Waals surface area contributed by atoms with E-state index in [0.717, 1.165) is 18.2 Å². The first-order valence-electron chi connectivity index (χ1n) is 4.47. The minimum Gasteiger partial charge on any atom is -0.438 e. The van der Waals surface area contributed by atoms with E-state index in [-0.39, 0.29) is 0 Å². The number of carbonyl (C=O) groups excluding carboxylic acids is 1. The Morgan fingerprint density at radius 1 is 1.27 bits per heavy atom. The van der Waals surface area contributed by atoms with Crippen LogP contribution in [0, 0.1) is 11.6 Å². The molecular formula is C10H9F2NO2. The van der Waals surface area contributed by atoms with E-state index < -0.39 is 23.3 Å². The molecule has 0 aromatic heterocycles. The van der Waals surface area contributed by atoms with Crippen LogP contribution in [0.4, 0.5) is 13.6 Å². The van der Waals surface area contributed by atoms with Crippen LogP contribution in [0.1, 0.15) is 18.4 Å². The Balaban J connectivity index is 2.32. The fourth-order valence-corrected chi connectivity index (χ4v) is 1.57. The second kappa shape index (κ2) is 3.18. The van der Waals surface area contributed by atoms with Gasteiger partial charge in [0.15, 0.2) is 0 Å². The summed E-state index contributed by atoms with van der Waals surface area (Å²) >= 11 is 0. The van der Waals surface area contributed by atoms with Crippen LogP contribution in [-0.2, 0) is 10.3 Å². The van der Waals surface area contributed by atoms with E-state index in [1.165, 1.54) is 0 Å². The lowest BCUT2D eigenvalue weighted by Gasteiger charge is -2.15. The first-order valence-corrected chi connectivity index (χ1v) is 4.47. The fraction of sp³-hybridized carbons (Fsp3) is 0.300. The Bertz CT molecular complexity index is 396. The van der Waals surface area contributed by atoms with Gasteiger partial charge in [0.1, 0.15) is 17.2 Å². The Labute approximate surface area is 84.8 Å². The maximum atomic E-state index is 12.9. The first-order chi connectivity index (χ1) is 7.02. The van der Waals surface area contributed by atoms with Crippen LogP contribution in [0.5, 0.6) is 0 Å².